The predicted octanol–water partition coefficient (Wildman–Crippen LogP) is 4.52. The molecule has 0 atom stereocenters. The maximum absolute atomic E-state index is 13.2. The first-order valence-electron chi connectivity index (χ1n) is 10.1. The van der Waals surface area contributed by atoms with Crippen molar-refractivity contribution in [2.45, 2.75) is 25.3 Å². The van der Waals surface area contributed by atoms with E-state index in [-0.39, 0.29) is 10.6 Å². The zero-order valence-corrected chi connectivity index (χ0v) is 19.2. The molecule has 0 saturated heterocycles. The standard InChI is InChI=1S/C24H25N3O4S/c1-16-24(26-32(28,29)23-13-12-20(30-3)14-22(23)31-4)17(2)27(25-16)15-19-10-7-9-18-8-5-6-11-21(18)19/h5-14,26H,15H2,1-4H3. The van der Waals surface area contributed by atoms with Crippen molar-refractivity contribution >= 4 is 26.5 Å². The number of nitrogens with one attached hydrogen (secondary N) is 1. The van der Waals surface area contributed by atoms with Gasteiger partial charge in [-0.1, -0.05) is 42.5 Å². The third kappa shape index (κ3) is 4.01. The highest BCUT2D eigenvalue weighted by Gasteiger charge is 2.24. The Balaban J connectivity index is 1.68. The molecule has 3 aromatic carbocycles. The molecule has 0 radical (unpaired) electrons. The Morgan fingerprint density at radius 2 is 1.72 bits per heavy atom. The van der Waals surface area contributed by atoms with Crippen LogP contribution in [0.1, 0.15) is 17.0 Å². The molecule has 8 heteroatoms. The Bertz CT molecular complexity index is 1390. The second-order valence-electron chi connectivity index (χ2n) is 7.46. The topological polar surface area (TPSA) is 82.5 Å². The van der Waals surface area contributed by atoms with Gasteiger partial charge in [0.1, 0.15) is 16.4 Å². The van der Waals surface area contributed by atoms with Crippen LogP contribution in [0.4, 0.5) is 5.69 Å². The van der Waals surface area contributed by atoms with Gasteiger partial charge in [0.25, 0.3) is 10.0 Å². The van der Waals surface area contributed by atoms with Crippen molar-refractivity contribution in [3.63, 3.8) is 0 Å². The number of hydrogen-bond donors (Lipinski definition) is 1. The molecule has 1 N–H and O–H groups in total. The van der Waals surface area contributed by atoms with Crippen molar-refractivity contribution < 1.29 is 17.9 Å². The van der Waals surface area contributed by atoms with Gasteiger partial charge in [-0.2, -0.15) is 5.10 Å². The highest BCUT2D eigenvalue weighted by molar-refractivity contribution is 7.92. The summed E-state index contributed by atoms with van der Waals surface area (Å²) < 4.78 is 41.3. The smallest absolute Gasteiger partial charge is 0.265 e. The second-order valence-corrected chi connectivity index (χ2v) is 9.11. The first-order chi connectivity index (χ1) is 15.3. The van der Waals surface area contributed by atoms with Crippen molar-refractivity contribution in [1.29, 1.82) is 0 Å². The van der Waals surface area contributed by atoms with Gasteiger partial charge in [0.05, 0.1) is 37.8 Å². The van der Waals surface area contributed by atoms with Crippen LogP contribution in [-0.2, 0) is 16.6 Å². The summed E-state index contributed by atoms with van der Waals surface area (Å²) in [6.07, 6.45) is 0. The van der Waals surface area contributed by atoms with Crippen LogP contribution in [-0.4, -0.2) is 32.4 Å². The van der Waals surface area contributed by atoms with Crippen LogP contribution in [0.15, 0.2) is 65.6 Å². The molecule has 0 bridgehead atoms. The van der Waals surface area contributed by atoms with Gasteiger partial charge in [-0.15, -0.1) is 0 Å². The van der Waals surface area contributed by atoms with Crippen LogP contribution in [0.3, 0.4) is 0 Å². The maximum Gasteiger partial charge on any atom is 0.265 e. The Kier molecular flexibility index (Phi) is 5.80. The summed E-state index contributed by atoms with van der Waals surface area (Å²) in [6.45, 7) is 4.17. The van der Waals surface area contributed by atoms with Crippen molar-refractivity contribution in [1.82, 2.24) is 9.78 Å². The first-order valence-corrected chi connectivity index (χ1v) is 11.6. The summed E-state index contributed by atoms with van der Waals surface area (Å²) in [7, 11) is -0.969. The predicted molar refractivity (Wildman–Crippen MR) is 125 cm³/mol. The second kappa shape index (κ2) is 8.55. The molecule has 0 aliphatic carbocycles. The Hall–Kier alpha value is -3.52. The SMILES string of the molecule is COc1ccc(S(=O)(=O)Nc2c(C)nn(Cc3cccc4ccccc34)c2C)c(OC)c1. The summed E-state index contributed by atoms with van der Waals surface area (Å²) in [4.78, 5) is 0.0291. The summed E-state index contributed by atoms with van der Waals surface area (Å²) in [6, 6.07) is 18.9. The minimum atomic E-state index is -3.90. The highest BCUT2D eigenvalue weighted by atomic mass is 32.2. The van der Waals surface area contributed by atoms with Crippen molar-refractivity contribution in [3.8, 4) is 11.5 Å². The number of nitrogens with zero attached hydrogens (tertiary/aromatic N) is 2. The molecule has 0 spiro atoms. The molecule has 0 aliphatic heterocycles. The molecule has 1 aromatic heterocycles. The Morgan fingerprint density at radius 1 is 0.969 bits per heavy atom. The average molecular weight is 452 g/mol. The van der Waals surface area contributed by atoms with Crippen LogP contribution in [0, 0.1) is 13.8 Å². The monoisotopic (exact) mass is 451 g/mol. The normalized spacial score (nSPS) is 11.5. The van der Waals surface area contributed by atoms with E-state index in [0.717, 1.165) is 22.0 Å². The molecule has 0 fully saturated rings. The van der Waals surface area contributed by atoms with Crippen LogP contribution in [0.2, 0.25) is 0 Å². The van der Waals surface area contributed by atoms with Crippen molar-refractivity contribution in [2.24, 2.45) is 0 Å². The molecule has 32 heavy (non-hydrogen) atoms. The van der Waals surface area contributed by atoms with Gasteiger partial charge in [0.15, 0.2) is 0 Å². The zero-order chi connectivity index (χ0) is 22.9. The van der Waals surface area contributed by atoms with E-state index in [1.54, 1.807) is 13.0 Å². The highest BCUT2D eigenvalue weighted by Crippen LogP contribution is 2.31. The molecular weight excluding hydrogens is 426 g/mol. The number of ether oxygens (including phenoxy) is 2. The molecule has 4 rings (SSSR count). The fourth-order valence-corrected chi connectivity index (χ4v) is 5.10. The van der Waals surface area contributed by atoms with Crippen LogP contribution >= 0.6 is 0 Å². The zero-order valence-electron chi connectivity index (χ0n) is 18.4. The lowest BCUT2D eigenvalue weighted by Gasteiger charge is -2.13. The summed E-state index contributed by atoms with van der Waals surface area (Å²) in [5.74, 6) is 0.714. The molecule has 1 heterocycles. The molecule has 4 aromatic rings. The van der Waals surface area contributed by atoms with Gasteiger partial charge in [-0.3, -0.25) is 9.40 Å². The minimum absolute atomic E-state index is 0.0291. The molecular formula is C24H25N3O4S. The van der Waals surface area contributed by atoms with Crippen LogP contribution in [0.25, 0.3) is 10.8 Å². The lowest BCUT2D eigenvalue weighted by atomic mass is 10.0. The van der Waals surface area contributed by atoms with Crippen molar-refractivity contribution in [3.05, 3.63) is 77.6 Å². The number of aromatic nitrogens is 2. The number of rotatable bonds is 7. The summed E-state index contributed by atoms with van der Waals surface area (Å²) >= 11 is 0. The minimum Gasteiger partial charge on any atom is -0.497 e. The molecule has 0 aliphatic rings. The third-order valence-electron chi connectivity index (χ3n) is 5.48. The van der Waals surface area contributed by atoms with E-state index in [1.807, 2.05) is 29.8 Å². The van der Waals surface area contributed by atoms with Crippen LogP contribution in [0.5, 0.6) is 11.5 Å². The van der Waals surface area contributed by atoms with E-state index in [2.05, 4.69) is 34.1 Å². The quantitative estimate of drug-likeness (QED) is 0.447. The third-order valence-corrected chi connectivity index (χ3v) is 6.87. The van der Waals surface area contributed by atoms with Gasteiger partial charge in [-0.05, 0) is 42.3 Å². The fraction of sp³-hybridized carbons (Fsp3) is 0.208. The molecule has 7 nitrogen and oxygen atoms in total. The number of sulfonamides is 1. The van der Waals surface area contributed by atoms with Gasteiger partial charge in [0.2, 0.25) is 0 Å². The molecule has 166 valence electrons. The molecule has 0 amide bonds. The maximum atomic E-state index is 13.2. The largest absolute Gasteiger partial charge is 0.497 e. The van der Waals surface area contributed by atoms with E-state index in [1.165, 1.54) is 26.4 Å². The van der Waals surface area contributed by atoms with Gasteiger partial charge in [0, 0.05) is 6.07 Å². The van der Waals surface area contributed by atoms with E-state index in [4.69, 9.17) is 9.47 Å². The van der Waals surface area contributed by atoms with E-state index in [9.17, 15) is 8.42 Å². The Morgan fingerprint density at radius 3 is 2.47 bits per heavy atom. The number of benzene rings is 3. The summed E-state index contributed by atoms with van der Waals surface area (Å²) in [5.41, 5.74) is 2.90. The van der Waals surface area contributed by atoms with E-state index in [0.29, 0.717) is 23.7 Å². The number of hydrogen-bond acceptors (Lipinski definition) is 5. The molecule has 0 unspecified atom stereocenters. The number of fused-ring (bicyclic) bond motifs is 1. The first kappa shape index (κ1) is 21.7. The fourth-order valence-electron chi connectivity index (χ4n) is 3.78. The number of methoxy groups -OCH3 is 2. The number of aryl methyl sites for hydroxylation is 1. The molecule has 0 saturated carbocycles. The van der Waals surface area contributed by atoms with Gasteiger partial charge in [-0.25, -0.2) is 8.42 Å². The lowest BCUT2D eigenvalue weighted by Crippen LogP contribution is -2.15. The van der Waals surface area contributed by atoms with E-state index >= 15 is 0 Å². The Labute approximate surface area is 187 Å². The lowest BCUT2D eigenvalue weighted by molar-refractivity contribution is 0.386. The summed E-state index contributed by atoms with van der Waals surface area (Å²) in [5, 5.41) is 6.90. The van der Waals surface area contributed by atoms with Gasteiger partial charge < -0.3 is 9.47 Å². The van der Waals surface area contributed by atoms with Crippen molar-refractivity contribution in [2.75, 3.05) is 18.9 Å². The van der Waals surface area contributed by atoms with Gasteiger partial charge >= 0.3 is 0 Å². The van der Waals surface area contributed by atoms with Crippen LogP contribution < -0.4 is 14.2 Å². The average Bonchev–Trinajstić information content (AvgIpc) is 3.05. The number of anilines is 1. The van der Waals surface area contributed by atoms with E-state index < -0.39 is 10.0 Å².